The topological polar surface area (TPSA) is 79.1 Å². The number of benzene rings is 3. The molecule has 4 aromatic rings. The van der Waals surface area contributed by atoms with Crippen molar-refractivity contribution in [3.8, 4) is 11.5 Å². The van der Waals surface area contributed by atoms with Gasteiger partial charge in [-0.05, 0) is 76.3 Å². The minimum atomic E-state index is -0.646. The van der Waals surface area contributed by atoms with Crippen LogP contribution in [-0.2, 0) is 16.1 Å². The highest BCUT2D eigenvalue weighted by Crippen LogP contribution is 2.38. The Kier molecular flexibility index (Phi) is 9.45. The van der Waals surface area contributed by atoms with E-state index in [-0.39, 0.29) is 5.56 Å². The average molecular weight is 712 g/mol. The third-order valence-electron chi connectivity index (χ3n) is 6.69. The minimum Gasteiger partial charge on any atom is -0.490 e. The molecule has 1 aliphatic rings. The second-order valence-corrected chi connectivity index (χ2v) is 12.2. The van der Waals surface area contributed by atoms with Gasteiger partial charge in [0, 0.05) is 4.47 Å². The van der Waals surface area contributed by atoms with Crippen LogP contribution in [0.1, 0.15) is 43.0 Å². The molecule has 42 heavy (non-hydrogen) atoms. The Morgan fingerprint density at radius 3 is 2.45 bits per heavy atom. The first kappa shape index (κ1) is 30.0. The number of hydrogen-bond donors (Lipinski definition) is 0. The van der Waals surface area contributed by atoms with Gasteiger partial charge in [-0.3, -0.25) is 9.36 Å². The normalized spacial score (nSPS) is 14.8. The van der Waals surface area contributed by atoms with Crippen LogP contribution in [0.15, 0.2) is 96.7 Å². The first-order valence-corrected chi connectivity index (χ1v) is 15.8. The van der Waals surface area contributed by atoms with Gasteiger partial charge in [0.05, 0.1) is 40.0 Å². The summed E-state index contributed by atoms with van der Waals surface area (Å²) in [5.41, 5.74) is 3.32. The number of ether oxygens (including phenoxy) is 3. The van der Waals surface area contributed by atoms with Gasteiger partial charge in [-0.1, -0.05) is 76.7 Å². The number of allylic oxidation sites excluding steroid dienone is 1. The Morgan fingerprint density at radius 1 is 1.05 bits per heavy atom. The molecule has 2 heterocycles. The van der Waals surface area contributed by atoms with E-state index in [9.17, 15) is 9.59 Å². The van der Waals surface area contributed by atoms with Crippen molar-refractivity contribution >= 4 is 55.2 Å². The first-order chi connectivity index (χ1) is 20.3. The number of rotatable bonds is 9. The van der Waals surface area contributed by atoms with Gasteiger partial charge in [-0.25, -0.2) is 9.79 Å². The highest BCUT2D eigenvalue weighted by atomic mass is 79.9. The Hall–Kier alpha value is -3.47. The molecule has 0 aliphatic carbocycles. The van der Waals surface area contributed by atoms with Gasteiger partial charge in [-0.2, -0.15) is 0 Å². The Morgan fingerprint density at radius 2 is 1.79 bits per heavy atom. The zero-order valence-corrected chi connectivity index (χ0v) is 27.2. The van der Waals surface area contributed by atoms with Gasteiger partial charge in [0.25, 0.3) is 5.56 Å². The Labute approximate surface area is 264 Å². The van der Waals surface area contributed by atoms with E-state index in [2.05, 4.69) is 31.9 Å². The van der Waals surface area contributed by atoms with Crippen molar-refractivity contribution < 1.29 is 19.0 Å². The fraction of sp³-hybridized carbons (Fsp3) is 0.219. The van der Waals surface area contributed by atoms with Crippen LogP contribution in [-0.4, -0.2) is 24.3 Å². The van der Waals surface area contributed by atoms with Gasteiger partial charge in [0.15, 0.2) is 16.3 Å². The van der Waals surface area contributed by atoms with E-state index < -0.39 is 12.0 Å². The van der Waals surface area contributed by atoms with Crippen molar-refractivity contribution in [2.24, 2.45) is 4.99 Å². The van der Waals surface area contributed by atoms with E-state index in [4.69, 9.17) is 19.2 Å². The first-order valence-electron chi connectivity index (χ1n) is 13.4. The summed E-state index contributed by atoms with van der Waals surface area (Å²) in [6.07, 6.45) is 2.33. The van der Waals surface area contributed by atoms with E-state index in [0.717, 1.165) is 21.2 Å². The van der Waals surface area contributed by atoms with E-state index in [0.29, 0.717) is 56.2 Å². The van der Waals surface area contributed by atoms with Crippen LogP contribution in [0, 0.1) is 0 Å². The number of fused-ring (bicyclic) bond motifs is 1. The molecule has 1 aliphatic heterocycles. The van der Waals surface area contributed by atoms with Gasteiger partial charge < -0.3 is 14.2 Å². The van der Waals surface area contributed by atoms with Crippen LogP contribution in [0.5, 0.6) is 11.5 Å². The molecule has 0 N–H and O–H groups in total. The molecule has 0 spiro atoms. The van der Waals surface area contributed by atoms with Gasteiger partial charge >= 0.3 is 5.97 Å². The largest absolute Gasteiger partial charge is 0.490 e. The van der Waals surface area contributed by atoms with E-state index >= 15 is 0 Å². The number of halogens is 2. The number of esters is 1. The lowest BCUT2D eigenvalue weighted by molar-refractivity contribution is -0.136. The number of methoxy groups -OCH3 is 1. The standard InChI is InChI=1S/C32H28Br2N2O5S/c1-4-24-27(31(38)39-3)28(21-9-7-6-8-10-21)36-30(37)26(42-32(36)35-24)17-20-15-23(34)29(25(16-20)40-5-2)41-18-19-11-13-22(33)14-12-19/h6-17,28H,4-5,18H2,1-3H3/b26-17-/t28-/m1/s1. The fourth-order valence-corrected chi connectivity index (χ4v) is 6.64. The summed E-state index contributed by atoms with van der Waals surface area (Å²) in [6, 6.07) is 20.5. The zero-order chi connectivity index (χ0) is 29.8. The van der Waals surface area contributed by atoms with Gasteiger partial charge in [-0.15, -0.1) is 0 Å². The van der Waals surface area contributed by atoms with Crippen LogP contribution in [0.25, 0.3) is 6.08 Å². The second kappa shape index (κ2) is 13.2. The molecule has 0 saturated carbocycles. The average Bonchev–Trinajstić information content (AvgIpc) is 3.30. The molecule has 10 heteroatoms. The predicted molar refractivity (Wildman–Crippen MR) is 171 cm³/mol. The van der Waals surface area contributed by atoms with Gasteiger partial charge in [0.2, 0.25) is 0 Å². The number of thiazole rings is 1. The summed E-state index contributed by atoms with van der Waals surface area (Å²) in [6.45, 7) is 4.65. The maximum Gasteiger partial charge on any atom is 0.338 e. The molecule has 3 aromatic carbocycles. The van der Waals surface area contributed by atoms with Crippen LogP contribution in [0.4, 0.5) is 0 Å². The third-order valence-corrected chi connectivity index (χ3v) is 8.79. The van der Waals surface area contributed by atoms with Gasteiger partial charge in [0.1, 0.15) is 6.61 Å². The van der Waals surface area contributed by atoms with Crippen LogP contribution in [0.3, 0.4) is 0 Å². The summed E-state index contributed by atoms with van der Waals surface area (Å²) in [7, 11) is 1.34. The van der Waals surface area contributed by atoms with Crippen LogP contribution in [0.2, 0.25) is 0 Å². The molecule has 1 aromatic heterocycles. The predicted octanol–water partition coefficient (Wildman–Crippen LogP) is 6.30. The van der Waals surface area contributed by atoms with Crippen LogP contribution >= 0.6 is 43.2 Å². The lowest BCUT2D eigenvalue weighted by atomic mass is 9.95. The summed E-state index contributed by atoms with van der Waals surface area (Å²) in [5.74, 6) is 0.645. The number of hydrogen-bond acceptors (Lipinski definition) is 7. The molecule has 216 valence electrons. The van der Waals surface area contributed by atoms with Crippen molar-refractivity contribution in [3.63, 3.8) is 0 Å². The molecule has 1 atom stereocenters. The lowest BCUT2D eigenvalue weighted by Gasteiger charge is -2.25. The molecule has 0 fully saturated rings. The summed E-state index contributed by atoms with van der Waals surface area (Å²) in [4.78, 5) is 32.2. The molecule has 0 saturated heterocycles. The molecule has 0 radical (unpaired) electrons. The molecule has 5 rings (SSSR count). The summed E-state index contributed by atoms with van der Waals surface area (Å²) >= 11 is 8.38. The zero-order valence-electron chi connectivity index (χ0n) is 23.2. The van der Waals surface area contributed by atoms with Crippen molar-refractivity contribution in [2.75, 3.05) is 13.7 Å². The number of nitrogens with zero attached hydrogens (tertiary/aromatic N) is 2. The Bertz CT molecular complexity index is 1830. The Balaban J connectivity index is 1.59. The number of aromatic nitrogens is 1. The van der Waals surface area contributed by atoms with Crippen LogP contribution < -0.4 is 24.4 Å². The fourth-order valence-electron chi connectivity index (χ4n) is 4.78. The summed E-state index contributed by atoms with van der Waals surface area (Å²) in [5, 5.41) is 0. The second-order valence-electron chi connectivity index (χ2n) is 9.38. The monoisotopic (exact) mass is 710 g/mol. The maximum absolute atomic E-state index is 13.9. The smallest absolute Gasteiger partial charge is 0.338 e. The highest BCUT2D eigenvalue weighted by molar-refractivity contribution is 9.10. The van der Waals surface area contributed by atoms with E-state index in [1.165, 1.54) is 18.4 Å². The van der Waals surface area contributed by atoms with E-state index in [1.54, 1.807) is 4.57 Å². The molecule has 0 bridgehead atoms. The molecular weight excluding hydrogens is 684 g/mol. The maximum atomic E-state index is 13.9. The minimum absolute atomic E-state index is 0.242. The molecular formula is C32H28Br2N2O5S. The van der Waals surface area contributed by atoms with Crippen molar-refractivity contribution in [1.29, 1.82) is 0 Å². The van der Waals surface area contributed by atoms with Crippen molar-refractivity contribution in [3.05, 3.63) is 123 Å². The third kappa shape index (κ3) is 6.16. The molecule has 0 amide bonds. The van der Waals surface area contributed by atoms with Crippen molar-refractivity contribution in [2.45, 2.75) is 32.9 Å². The number of carbonyl (C=O) groups excluding carboxylic acids is 1. The number of carbonyl (C=O) groups is 1. The molecule has 7 nitrogen and oxygen atoms in total. The lowest BCUT2D eigenvalue weighted by Crippen LogP contribution is -2.40. The summed E-state index contributed by atoms with van der Waals surface area (Å²) < 4.78 is 21.0. The molecule has 0 unspecified atom stereocenters. The van der Waals surface area contributed by atoms with E-state index in [1.807, 2.05) is 86.7 Å². The quantitative estimate of drug-likeness (QED) is 0.191. The van der Waals surface area contributed by atoms with Crippen molar-refractivity contribution in [1.82, 2.24) is 4.57 Å². The SMILES string of the molecule is CCOc1cc(/C=c2\sc3n(c2=O)[C@H](c2ccccc2)C(C(=O)OC)=C(CC)N=3)cc(Br)c1OCc1ccc(Br)cc1. The highest BCUT2D eigenvalue weighted by Gasteiger charge is 2.33.